The van der Waals surface area contributed by atoms with Crippen molar-refractivity contribution in [2.24, 2.45) is 5.92 Å². The molecule has 1 aliphatic heterocycles. The van der Waals surface area contributed by atoms with Crippen LogP contribution in [0.1, 0.15) is 40.5 Å². The molecule has 5 nitrogen and oxygen atoms in total. The predicted octanol–water partition coefficient (Wildman–Crippen LogP) is 1.85. The van der Waals surface area contributed by atoms with Crippen molar-refractivity contribution in [2.45, 2.75) is 19.8 Å². The Hall–Kier alpha value is -1.88. The maximum atomic E-state index is 12.6. The average Bonchev–Trinajstić information content (AvgIpc) is 2.59. The quantitative estimate of drug-likeness (QED) is 0.902. The molecule has 0 spiro atoms. The largest absolute Gasteiger partial charge is 0.345 e. The molecule has 2 rings (SSSR count). The van der Waals surface area contributed by atoms with Crippen molar-refractivity contribution < 1.29 is 9.59 Å². The zero-order valence-corrected chi connectivity index (χ0v) is 14.3. The number of rotatable bonds is 5. The summed E-state index contributed by atoms with van der Waals surface area (Å²) in [6.07, 6.45) is 2.10. The molecule has 0 radical (unpaired) electrons. The molecule has 1 aromatic carbocycles. The molecule has 0 bridgehead atoms. The number of carbonyl (C=O) groups excluding carboxylic acids is 2. The Morgan fingerprint density at radius 1 is 1.13 bits per heavy atom. The van der Waals surface area contributed by atoms with Crippen molar-refractivity contribution in [1.29, 1.82) is 0 Å². The van der Waals surface area contributed by atoms with Crippen LogP contribution in [0.15, 0.2) is 24.3 Å². The molecule has 5 heteroatoms. The van der Waals surface area contributed by atoms with Crippen LogP contribution in [0.3, 0.4) is 0 Å². The molecule has 1 saturated heterocycles. The Labute approximate surface area is 138 Å². The van der Waals surface area contributed by atoms with E-state index in [0.29, 0.717) is 17.0 Å². The van der Waals surface area contributed by atoms with E-state index in [-0.39, 0.29) is 11.8 Å². The van der Waals surface area contributed by atoms with Crippen LogP contribution in [0.5, 0.6) is 0 Å². The van der Waals surface area contributed by atoms with Gasteiger partial charge in [0.2, 0.25) is 0 Å². The summed E-state index contributed by atoms with van der Waals surface area (Å²) >= 11 is 0. The number of likely N-dealkylation sites (tertiary alicyclic amines) is 1. The van der Waals surface area contributed by atoms with Crippen LogP contribution in [-0.4, -0.2) is 61.9 Å². The highest BCUT2D eigenvalue weighted by atomic mass is 16.2. The van der Waals surface area contributed by atoms with Crippen molar-refractivity contribution in [1.82, 2.24) is 15.1 Å². The molecular formula is C18H27N3O2. The molecule has 1 aromatic rings. The third kappa shape index (κ3) is 4.55. The van der Waals surface area contributed by atoms with E-state index in [9.17, 15) is 9.59 Å². The highest BCUT2D eigenvalue weighted by molar-refractivity contribution is 5.97. The fourth-order valence-corrected chi connectivity index (χ4v) is 2.88. The maximum Gasteiger partial charge on any atom is 0.253 e. The lowest BCUT2D eigenvalue weighted by molar-refractivity contribution is 0.0689. The number of nitrogens with one attached hydrogen (secondary N) is 1. The zero-order valence-electron chi connectivity index (χ0n) is 14.3. The van der Waals surface area contributed by atoms with E-state index < -0.39 is 0 Å². The van der Waals surface area contributed by atoms with Gasteiger partial charge in [0.1, 0.15) is 0 Å². The first kappa shape index (κ1) is 17.5. The molecule has 2 amide bonds. The third-order valence-corrected chi connectivity index (χ3v) is 4.37. The van der Waals surface area contributed by atoms with Crippen LogP contribution in [0.25, 0.3) is 0 Å². The van der Waals surface area contributed by atoms with Gasteiger partial charge in [-0.1, -0.05) is 6.92 Å². The van der Waals surface area contributed by atoms with Crippen molar-refractivity contribution in [2.75, 3.05) is 40.3 Å². The van der Waals surface area contributed by atoms with E-state index in [2.05, 4.69) is 12.2 Å². The minimum atomic E-state index is -0.0479. The van der Waals surface area contributed by atoms with Gasteiger partial charge in [-0.25, -0.2) is 0 Å². The summed E-state index contributed by atoms with van der Waals surface area (Å²) in [5.41, 5.74) is 1.27. The second-order valence-electron chi connectivity index (χ2n) is 6.32. The zero-order chi connectivity index (χ0) is 16.8. The van der Waals surface area contributed by atoms with Crippen molar-refractivity contribution in [3.8, 4) is 0 Å². The van der Waals surface area contributed by atoms with Gasteiger partial charge in [-0.05, 0) is 56.1 Å². The first-order chi connectivity index (χ1) is 11.0. The molecule has 1 aliphatic rings. The predicted molar refractivity (Wildman–Crippen MR) is 91.6 cm³/mol. The van der Waals surface area contributed by atoms with Gasteiger partial charge in [0.15, 0.2) is 0 Å². The molecule has 0 aromatic heterocycles. The molecule has 1 fully saturated rings. The monoisotopic (exact) mass is 317 g/mol. The lowest BCUT2D eigenvalue weighted by atomic mass is 9.96. The first-order valence-electron chi connectivity index (χ1n) is 8.34. The van der Waals surface area contributed by atoms with E-state index >= 15 is 0 Å². The second-order valence-corrected chi connectivity index (χ2v) is 6.32. The molecule has 23 heavy (non-hydrogen) atoms. The molecule has 0 saturated carbocycles. The van der Waals surface area contributed by atoms with E-state index in [1.54, 1.807) is 38.4 Å². The Kier molecular flexibility index (Phi) is 6.16. The van der Waals surface area contributed by atoms with Gasteiger partial charge in [0.25, 0.3) is 11.8 Å². The fraction of sp³-hybridized carbons (Fsp3) is 0.556. The van der Waals surface area contributed by atoms with Gasteiger partial charge < -0.3 is 15.1 Å². The Balaban J connectivity index is 1.92. The summed E-state index contributed by atoms with van der Waals surface area (Å²) in [5, 5.41) is 3.38. The summed E-state index contributed by atoms with van der Waals surface area (Å²) in [6, 6.07) is 6.97. The van der Waals surface area contributed by atoms with Gasteiger partial charge in [-0.2, -0.15) is 0 Å². The van der Waals surface area contributed by atoms with Crippen molar-refractivity contribution in [3.63, 3.8) is 0 Å². The van der Waals surface area contributed by atoms with Gasteiger partial charge in [0, 0.05) is 38.3 Å². The van der Waals surface area contributed by atoms with Crippen LogP contribution < -0.4 is 5.32 Å². The van der Waals surface area contributed by atoms with E-state index in [1.165, 1.54) is 4.90 Å². The number of hydrogen-bond acceptors (Lipinski definition) is 3. The summed E-state index contributed by atoms with van der Waals surface area (Å²) in [4.78, 5) is 27.9. The third-order valence-electron chi connectivity index (χ3n) is 4.37. The van der Waals surface area contributed by atoms with Gasteiger partial charge in [-0.3, -0.25) is 9.59 Å². The van der Waals surface area contributed by atoms with Crippen molar-refractivity contribution in [3.05, 3.63) is 35.4 Å². The lowest BCUT2D eigenvalue weighted by Gasteiger charge is -2.32. The number of piperidine rings is 1. The number of benzene rings is 1. The molecule has 126 valence electrons. The fourth-order valence-electron chi connectivity index (χ4n) is 2.88. The summed E-state index contributed by atoms with van der Waals surface area (Å²) in [5.74, 6) is 0.683. The highest BCUT2D eigenvalue weighted by Gasteiger charge is 2.23. The summed E-state index contributed by atoms with van der Waals surface area (Å²) < 4.78 is 0. The van der Waals surface area contributed by atoms with E-state index in [0.717, 1.165) is 39.0 Å². The number of amides is 2. The van der Waals surface area contributed by atoms with Crippen LogP contribution in [0.2, 0.25) is 0 Å². The normalized spacial score (nSPS) is 15.5. The SMILES string of the molecule is CCNCC1CCN(C(=O)c2ccc(C(=O)N(C)C)cc2)CC1. The maximum absolute atomic E-state index is 12.6. The van der Waals surface area contributed by atoms with Crippen LogP contribution >= 0.6 is 0 Å². The number of hydrogen-bond donors (Lipinski definition) is 1. The Morgan fingerprint density at radius 2 is 1.70 bits per heavy atom. The Morgan fingerprint density at radius 3 is 2.22 bits per heavy atom. The van der Waals surface area contributed by atoms with Crippen molar-refractivity contribution >= 4 is 11.8 Å². The summed E-state index contributed by atoms with van der Waals surface area (Å²) in [6.45, 7) is 5.78. The summed E-state index contributed by atoms with van der Waals surface area (Å²) in [7, 11) is 3.44. The molecule has 0 aliphatic carbocycles. The Bertz CT molecular complexity index is 532. The molecule has 0 unspecified atom stereocenters. The first-order valence-corrected chi connectivity index (χ1v) is 8.34. The highest BCUT2D eigenvalue weighted by Crippen LogP contribution is 2.19. The molecule has 0 atom stereocenters. The molecule has 1 N–H and O–H groups in total. The average molecular weight is 317 g/mol. The number of carbonyl (C=O) groups is 2. The van der Waals surface area contributed by atoms with Crippen LogP contribution in [0.4, 0.5) is 0 Å². The minimum absolute atomic E-state index is 0.0479. The van der Waals surface area contributed by atoms with Crippen LogP contribution in [0, 0.1) is 5.92 Å². The van der Waals surface area contributed by atoms with Crippen LogP contribution in [-0.2, 0) is 0 Å². The lowest BCUT2D eigenvalue weighted by Crippen LogP contribution is -2.40. The van der Waals surface area contributed by atoms with E-state index in [1.807, 2.05) is 4.90 Å². The topological polar surface area (TPSA) is 52.7 Å². The second kappa shape index (κ2) is 8.11. The molecular weight excluding hydrogens is 290 g/mol. The molecule has 1 heterocycles. The van der Waals surface area contributed by atoms with Gasteiger partial charge in [0.05, 0.1) is 0 Å². The van der Waals surface area contributed by atoms with Gasteiger partial charge in [-0.15, -0.1) is 0 Å². The van der Waals surface area contributed by atoms with Gasteiger partial charge >= 0.3 is 0 Å². The minimum Gasteiger partial charge on any atom is -0.345 e. The standard InChI is InChI=1S/C18H27N3O2/c1-4-19-13-14-9-11-21(12-10-14)18(23)16-7-5-15(6-8-16)17(22)20(2)3/h5-8,14,19H,4,9-13H2,1-3H3. The number of nitrogens with zero attached hydrogens (tertiary/aromatic N) is 2. The van der Waals surface area contributed by atoms with E-state index in [4.69, 9.17) is 0 Å². The smallest absolute Gasteiger partial charge is 0.253 e.